The number of aromatic nitrogens is 4. The molecule has 11 rings (SSSR count). The summed E-state index contributed by atoms with van der Waals surface area (Å²) in [7, 11) is 0. The fourth-order valence-electron chi connectivity index (χ4n) is 9.25. The second-order valence-corrected chi connectivity index (χ2v) is 16.8. The Kier molecular flexibility index (Phi) is 10.6. The maximum absolute atomic E-state index is 5.93. The van der Waals surface area contributed by atoms with Crippen LogP contribution in [0.2, 0.25) is 0 Å². The van der Waals surface area contributed by atoms with Crippen LogP contribution in [0, 0.1) is 25.2 Å². The predicted octanol–water partition coefficient (Wildman–Crippen LogP) is 15.0. The van der Waals surface area contributed by atoms with Gasteiger partial charge in [-0.05, 0) is 88.2 Å². The van der Waals surface area contributed by atoms with Crippen molar-refractivity contribution in [2.24, 2.45) is 5.92 Å². The van der Waals surface area contributed by atoms with Crippen LogP contribution in [0.15, 0.2) is 230 Å². The molecule has 0 radical (unpaired) electrons. The van der Waals surface area contributed by atoms with Crippen LogP contribution >= 0.6 is 0 Å². The zero-order valence-electron chi connectivity index (χ0n) is 36.5. The van der Waals surface area contributed by atoms with E-state index in [-0.39, 0.29) is 5.92 Å². The summed E-state index contributed by atoms with van der Waals surface area (Å²) in [5.74, 6) is 3.77. The van der Waals surface area contributed by atoms with E-state index in [9.17, 15) is 0 Å². The van der Waals surface area contributed by atoms with Crippen LogP contribution in [0.25, 0.3) is 84.3 Å². The lowest BCUT2D eigenvalue weighted by Crippen LogP contribution is -1.99. The molecule has 1 atom stereocenters. The van der Waals surface area contributed by atoms with Gasteiger partial charge >= 0.3 is 0 Å². The van der Waals surface area contributed by atoms with E-state index < -0.39 is 0 Å². The first-order valence-corrected chi connectivity index (χ1v) is 22.4. The first-order chi connectivity index (χ1) is 32.6. The number of fused-ring (bicyclic) bond motifs is 2. The lowest BCUT2D eigenvalue weighted by Gasteiger charge is -2.19. The van der Waals surface area contributed by atoms with E-state index in [0.717, 1.165) is 84.9 Å². The summed E-state index contributed by atoms with van der Waals surface area (Å²) >= 11 is 0. The van der Waals surface area contributed by atoms with Crippen LogP contribution in [-0.2, 0) is 0 Å². The van der Waals surface area contributed by atoms with Crippen molar-refractivity contribution in [3.05, 3.63) is 252 Å². The van der Waals surface area contributed by atoms with Gasteiger partial charge in [-0.25, -0.2) is 15.0 Å². The first-order valence-electron chi connectivity index (χ1n) is 22.4. The van der Waals surface area contributed by atoms with E-state index >= 15 is 0 Å². The van der Waals surface area contributed by atoms with Crippen molar-refractivity contribution in [1.82, 2.24) is 19.4 Å². The van der Waals surface area contributed by atoms with Crippen molar-refractivity contribution in [2.45, 2.75) is 13.3 Å². The average molecular weight is 845 g/mol. The summed E-state index contributed by atoms with van der Waals surface area (Å²) in [5.41, 5.74) is 19.9. The lowest BCUT2D eigenvalue weighted by molar-refractivity contribution is 1.04. The molecule has 0 spiro atoms. The number of imidazole rings is 1. The van der Waals surface area contributed by atoms with E-state index in [1.165, 1.54) is 27.8 Å². The largest absolute Gasteiger partial charge is 0.299 e. The Hall–Kier alpha value is -8.65. The smallest absolute Gasteiger partial charge is 0.160 e. The molecule has 0 saturated heterocycles. The second kappa shape index (κ2) is 17.5. The summed E-state index contributed by atoms with van der Waals surface area (Å²) in [6.45, 7) is 2.12. The molecule has 9 aromatic rings. The van der Waals surface area contributed by atoms with E-state index in [2.05, 4.69) is 206 Å². The number of benzene rings is 6. The van der Waals surface area contributed by atoms with Crippen LogP contribution in [0.4, 0.5) is 0 Å². The van der Waals surface area contributed by atoms with Gasteiger partial charge in [0, 0.05) is 45.5 Å². The van der Waals surface area contributed by atoms with Gasteiger partial charge in [0.05, 0.1) is 22.8 Å². The highest BCUT2D eigenvalue weighted by molar-refractivity contribution is 5.97. The molecule has 0 aliphatic heterocycles. The maximum Gasteiger partial charge on any atom is 0.160 e. The molecular formula is C62H44N4. The van der Waals surface area contributed by atoms with Crippen molar-refractivity contribution < 1.29 is 0 Å². The molecular weight excluding hydrogens is 801 g/mol. The van der Waals surface area contributed by atoms with E-state index in [0.29, 0.717) is 5.82 Å². The number of terminal acetylenes is 1. The molecule has 3 aromatic heterocycles. The van der Waals surface area contributed by atoms with Crippen LogP contribution in [-0.4, -0.2) is 19.4 Å². The molecule has 0 N–H and O–H groups in total. The Morgan fingerprint density at radius 3 is 1.92 bits per heavy atom. The molecule has 312 valence electrons. The second-order valence-electron chi connectivity index (χ2n) is 16.8. The van der Waals surface area contributed by atoms with Crippen LogP contribution in [0.3, 0.4) is 0 Å². The Morgan fingerprint density at radius 1 is 0.545 bits per heavy atom. The number of hydrogen-bond donors (Lipinski definition) is 0. The number of nitrogens with zero attached hydrogens (tertiary/aromatic N) is 4. The van der Waals surface area contributed by atoms with Gasteiger partial charge in [-0.2, -0.15) is 0 Å². The van der Waals surface area contributed by atoms with Gasteiger partial charge < -0.3 is 0 Å². The first kappa shape index (κ1) is 40.1. The summed E-state index contributed by atoms with van der Waals surface area (Å²) in [5, 5.41) is 0. The summed E-state index contributed by atoms with van der Waals surface area (Å²) < 4.78 is 2.17. The highest BCUT2D eigenvalue weighted by Crippen LogP contribution is 2.39. The third kappa shape index (κ3) is 7.85. The number of hydrogen-bond acceptors (Lipinski definition) is 3. The van der Waals surface area contributed by atoms with Gasteiger partial charge in [0.2, 0.25) is 0 Å². The van der Waals surface area contributed by atoms with Crippen LogP contribution < -0.4 is 0 Å². The maximum atomic E-state index is 5.93. The van der Waals surface area contributed by atoms with Gasteiger partial charge in [-0.3, -0.25) is 4.40 Å². The molecule has 4 nitrogen and oxygen atoms in total. The SMILES string of the molecule is C#Cc1ccccc1-c1ccc(-c2nc(-c3ccc(/C4=C(c5ccccc5)/C=C/C5C=CC=CC(=C5)C4)cc3)cc(-c3ccc(-c4c(-c5ccccc5)nc5ccccn45)cc3)n2)cc1C. The van der Waals surface area contributed by atoms with Crippen molar-refractivity contribution in [3.8, 4) is 79.9 Å². The van der Waals surface area contributed by atoms with Gasteiger partial charge in [0.1, 0.15) is 5.65 Å². The number of pyridine rings is 1. The Balaban J connectivity index is 1.02. The minimum absolute atomic E-state index is 0.256. The third-order valence-electron chi connectivity index (χ3n) is 12.6. The standard InChI is InChI=1S/C62H44N4/c1-3-45-18-12-13-23-54(45)53-36-34-52(38-42(53)2)62-63-57(48-28-26-47(27-29-48)56-40-44-17-11-10-16-43(39-44)25-35-55(56)46-19-6-4-7-20-46)41-58(64-62)49-30-32-51(33-31-49)61-60(50-21-8-5-9-22-50)65-59-24-14-15-37-66(59)61/h1,4-39,41,43H,40H2,2H3/b35-25+,56-55-. The highest BCUT2D eigenvalue weighted by Gasteiger charge is 2.19. The molecule has 1 unspecified atom stereocenters. The topological polar surface area (TPSA) is 43.1 Å². The Labute approximate surface area is 386 Å². The average Bonchev–Trinajstić information content (AvgIpc) is 3.60. The molecule has 2 bridgehead atoms. The van der Waals surface area contributed by atoms with E-state index in [4.69, 9.17) is 21.4 Å². The van der Waals surface area contributed by atoms with Crippen LogP contribution in [0.1, 0.15) is 28.7 Å². The van der Waals surface area contributed by atoms with Gasteiger partial charge in [-0.15, -0.1) is 6.42 Å². The highest BCUT2D eigenvalue weighted by atomic mass is 15.0. The molecule has 66 heavy (non-hydrogen) atoms. The molecule has 4 heteroatoms. The van der Waals surface area contributed by atoms with Crippen molar-refractivity contribution in [2.75, 3.05) is 0 Å². The zero-order chi connectivity index (χ0) is 44.4. The molecule has 0 saturated carbocycles. The van der Waals surface area contributed by atoms with Gasteiger partial charge in [0.25, 0.3) is 0 Å². The van der Waals surface area contributed by atoms with Crippen molar-refractivity contribution >= 4 is 16.8 Å². The summed E-state index contributed by atoms with van der Waals surface area (Å²) in [6, 6.07) is 61.4. The normalized spacial score (nSPS) is 15.9. The number of allylic oxidation sites excluding steroid dienone is 10. The van der Waals surface area contributed by atoms with Crippen molar-refractivity contribution in [1.29, 1.82) is 0 Å². The third-order valence-corrected chi connectivity index (χ3v) is 12.6. The molecule has 6 aromatic carbocycles. The van der Waals surface area contributed by atoms with E-state index in [1.807, 2.05) is 36.4 Å². The number of aryl methyl sites for hydroxylation is 1. The quantitative estimate of drug-likeness (QED) is 0.143. The zero-order valence-corrected chi connectivity index (χ0v) is 36.5. The Morgan fingerprint density at radius 2 is 1.20 bits per heavy atom. The lowest BCUT2D eigenvalue weighted by atomic mass is 9.86. The predicted molar refractivity (Wildman–Crippen MR) is 273 cm³/mol. The summed E-state index contributed by atoms with van der Waals surface area (Å²) in [4.78, 5) is 15.6. The fourth-order valence-corrected chi connectivity index (χ4v) is 9.25. The fraction of sp³-hybridized carbons (Fsp3) is 0.0484. The van der Waals surface area contributed by atoms with E-state index in [1.54, 1.807) is 0 Å². The summed E-state index contributed by atoms with van der Waals surface area (Å²) in [6.07, 6.45) is 24.6. The monoisotopic (exact) mass is 844 g/mol. The van der Waals surface area contributed by atoms with Crippen molar-refractivity contribution in [3.63, 3.8) is 0 Å². The number of rotatable bonds is 8. The van der Waals surface area contributed by atoms with Gasteiger partial charge in [0.15, 0.2) is 5.82 Å². The Bertz CT molecular complexity index is 3480. The molecule has 0 fully saturated rings. The molecule has 0 amide bonds. The minimum Gasteiger partial charge on any atom is -0.299 e. The van der Waals surface area contributed by atoms with Crippen LogP contribution in [0.5, 0.6) is 0 Å². The molecule has 2 aliphatic rings. The molecule has 3 heterocycles. The molecule has 2 aliphatic carbocycles. The van der Waals surface area contributed by atoms with Gasteiger partial charge in [-0.1, -0.05) is 194 Å². The minimum atomic E-state index is 0.256.